The Kier molecular flexibility index (Phi) is 4.90. The number of aliphatic carboxylic acids is 1. The van der Waals surface area contributed by atoms with Crippen molar-refractivity contribution in [2.24, 2.45) is 0 Å². The third-order valence-corrected chi connectivity index (χ3v) is 5.05. The first-order valence-electron chi connectivity index (χ1n) is 8.77. The average Bonchev–Trinajstić information content (AvgIpc) is 3.05. The molecule has 2 N–H and O–H groups in total. The number of hydrogen-bond donors (Lipinski definition) is 2. The maximum Gasteiger partial charge on any atom is 0.332 e. The number of carboxylic acids is 1. The van der Waals surface area contributed by atoms with Gasteiger partial charge < -0.3 is 15.2 Å². The number of nitrogens with one attached hydrogen (secondary N) is 1. The zero-order chi connectivity index (χ0) is 17.3. The predicted molar refractivity (Wildman–Crippen MR) is 89.9 cm³/mol. The molecular weight excluding hydrogens is 306 g/mol. The van der Waals surface area contributed by atoms with Crippen LogP contribution in [-0.4, -0.2) is 29.2 Å². The molecule has 0 radical (unpaired) electrons. The van der Waals surface area contributed by atoms with E-state index < -0.39 is 18.2 Å². The number of fused-ring (bicyclic) bond motifs is 1. The fraction of sp³-hybridized carbons (Fsp3) is 0.579. The second-order valence-corrected chi connectivity index (χ2v) is 7.10. The summed E-state index contributed by atoms with van der Waals surface area (Å²) in [7, 11) is 0. The van der Waals surface area contributed by atoms with E-state index in [0.29, 0.717) is 18.8 Å². The standard InChI is InChI=1S/C19H25NO4/c1-11(2)13-7-6-12-4-3-5-15(14(12)10-13)20-18(21)16-8-9-17(24-16)19(22)23/h6-7,10-11,15-17H,3-5,8-9H2,1-2H3,(H,20,21)(H,22,23)/t15-,16+,17-/m1/s1. The van der Waals surface area contributed by atoms with Gasteiger partial charge in [-0.1, -0.05) is 32.0 Å². The monoisotopic (exact) mass is 331 g/mol. The summed E-state index contributed by atoms with van der Waals surface area (Å²) in [6.45, 7) is 4.33. The van der Waals surface area contributed by atoms with E-state index in [1.807, 2.05) is 0 Å². The van der Waals surface area contributed by atoms with Crippen LogP contribution in [0.15, 0.2) is 18.2 Å². The Hall–Kier alpha value is -1.88. The summed E-state index contributed by atoms with van der Waals surface area (Å²) in [5, 5.41) is 12.1. The number of amides is 1. The van der Waals surface area contributed by atoms with E-state index in [0.717, 1.165) is 19.3 Å². The predicted octanol–water partition coefficient (Wildman–Crippen LogP) is 2.94. The molecule has 0 aromatic heterocycles. The van der Waals surface area contributed by atoms with Crippen LogP contribution in [0.1, 0.15) is 68.2 Å². The smallest absolute Gasteiger partial charge is 0.332 e. The molecule has 1 saturated heterocycles. The lowest BCUT2D eigenvalue weighted by Crippen LogP contribution is -2.39. The van der Waals surface area contributed by atoms with Crippen molar-refractivity contribution >= 4 is 11.9 Å². The first-order valence-corrected chi connectivity index (χ1v) is 8.77. The Bertz CT molecular complexity index is 640. The minimum atomic E-state index is -0.991. The molecule has 1 aliphatic carbocycles. The van der Waals surface area contributed by atoms with Crippen molar-refractivity contribution in [2.45, 2.75) is 70.1 Å². The molecule has 130 valence electrons. The second-order valence-electron chi connectivity index (χ2n) is 7.10. The van der Waals surface area contributed by atoms with Gasteiger partial charge in [0.25, 0.3) is 0 Å². The number of carboxylic acid groups (broad SMARTS) is 1. The molecule has 5 heteroatoms. The molecular formula is C19H25NO4. The van der Waals surface area contributed by atoms with Crippen LogP contribution in [0.3, 0.4) is 0 Å². The van der Waals surface area contributed by atoms with E-state index in [1.54, 1.807) is 0 Å². The number of benzene rings is 1. The highest BCUT2D eigenvalue weighted by Crippen LogP contribution is 2.32. The molecule has 1 amide bonds. The number of rotatable bonds is 4. The van der Waals surface area contributed by atoms with E-state index in [4.69, 9.17) is 9.84 Å². The molecule has 0 unspecified atom stereocenters. The van der Waals surface area contributed by atoms with Gasteiger partial charge in [0, 0.05) is 0 Å². The zero-order valence-electron chi connectivity index (χ0n) is 14.2. The lowest BCUT2D eigenvalue weighted by atomic mass is 9.85. The summed E-state index contributed by atoms with van der Waals surface area (Å²) in [5.74, 6) is -0.732. The van der Waals surface area contributed by atoms with Crippen LogP contribution in [0, 0.1) is 0 Å². The summed E-state index contributed by atoms with van der Waals surface area (Å²) >= 11 is 0. The van der Waals surface area contributed by atoms with Crippen molar-refractivity contribution in [3.05, 3.63) is 34.9 Å². The first-order chi connectivity index (χ1) is 11.5. The number of carbonyl (C=O) groups is 2. The summed E-state index contributed by atoms with van der Waals surface area (Å²) in [6, 6.07) is 6.55. The topological polar surface area (TPSA) is 75.6 Å². The molecule has 0 spiro atoms. The van der Waals surface area contributed by atoms with Crippen LogP contribution in [-0.2, 0) is 20.7 Å². The largest absolute Gasteiger partial charge is 0.479 e. The van der Waals surface area contributed by atoms with Crippen LogP contribution in [0.4, 0.5) is 0 Å². The Labute approximate surface area is 142 Å². The highest BCUT2D eigenvalue weighted by molar-refractivity contribution is 5.83. The Morgan fingerprint density at radius 1 is 1.21 bits per heavy atom. The van der Waals surface area contributed by atoms with E-state index in [-0.39, 0.29) is 11.9 Å². The molecule has 24 heavy (non-hydrogen) atoms. The molecule has 1 fully saturated rings. The Morgan fingerprint density at radius 2 is 1.96 bits per heavy atom. The SMILES string of the molecule is CC(C)c1ccc2c(c1)[C@H](NC(=O)[C@@H]1CC[C@H](C(=O)O)O1)CCC2. The van der Waals surface area contributed by atoms with E-state index in [2.05, 4.69) is 37.4 Å². The third-order valence-electron chi connectivity index (χ3n) is 5.05. The first kappa shape index (κ1) is 17.0. The van der Waals surface area contributed by atoms with Gasteiger partial charge in [-0.15, -0.1) is 0 Å². The third kappa shape index (κ3) is 3.46. The van der Waals surface area contributed by atoms with Crippen molar-refractivity contribution < 1.29 is 19.4 Å². The average molecular weight is 331 g/mol. The molecule has 0 bridgehead atoms. The second kappa shape index (κ2) is 6.93. The van der Waals surface area contributed by atoms with Crippen molar-refractivity contribution in [1.82, 2.24) is 5.32 Å². The van der Waals surface area contributed by atoms with Gasteiger partial charge in [-0.2, -0.15) is 0 Å². The Balaban J connectivity index is 1.72. The van der Waals surface area contributed by atoms with Gasteiger partial charge in [0.05, 0.1) is 6.04 Å². The lowest BCUT2D eigenvalue weighted by molar-refractivity contribution is -0.151. The lowest BCUT2D eigenvalue weighted by Gasteiger charge is -2.28. The maximum atomic E-state index is 12.5. The van der Waals surface area contributed by atoms with E-state index in [9.17, 15) is 9.59 Å². The highest BCUT2D eigenvalue weighted by Gasteiger charge is 2.36. The molecule has 0 saturated carbocycles. The summed E-state index contributed by atoms with van der Waals surface area (Å²) < 4.78 is 5.36. The van der Waals surface area contributed by atoms with Gasteiger partial charge in [0.2, 0.25) is 5.91 Å². The summed E-state index contributed by atoms with van der Waals surface area (Å²) in [5.41, 5.74) is 3.78. The van der Waals surface area contributed by atoms with Crippen LogP contribution in [0.25, 0.3) is 0 Å². The fourth-order valence-corrected chi connectivity index (χ4v) is 3.60. The molecule has 3 atom stereocenters. The number of ether oxygens (including phenoxy) is 1. The van der Waals surface area contributed by atoms with Crippen molar-refractivity contribution in [2.75, 3.05) is 0 Å². The number of aryl methyl sites for hydroxylation is 1. The van der Waals surface area contributed by atoms with Gasteiger partial charge in [0.1, 0.15) is 6.10 Å². The van der Waals surface area contributed by atoms with Crippen molar-refractivity contribution in [1.29, 1.82) is 0 Å². The summed E-state index contributed by atoms with van der Waals surface area (Å²) in [6.07, 6.45) is 2.36. The van der Waals surface area contributed by atoms with E-state index >= 15 is 0 Å². The quantitative estimate of drug-likeness (QED) is 0.889. The van der Waals surface area contributed by atoms with Crippen LogP contribution >= 0.6 is 0 Å². The van der Waals surface area contributed by atoms with Crippen molar-refractivity contribution in [3.8, 4) is 0 Å². The molecule has 1 aliphatic heterocycles. The zero-order valence-corrected chi connectivity index (χ0v) is 14.2. The minimum Gasteiger partial charge on any atom is -0.479 e. The molecule has 3 rings (SSSR count). The fourth-order valence-electron chi connectivity index (χ4n) is 3.60. The Morgan fingerprint density at radius 3 is 2.62 bits per heavy atom. The molecule has 1 aromatic carbocycles. The van der Waals surface area contributed by atoms with Crippen LogP contribution in [0.2, 0.25) is 0 Å². The van der Waals surface area contributed by atoms with Gasteiger partial charge in [-0.05, 0) is 54.7 Å². The molecule has 5 nitrogen and oxygen atoms in total. The van der Waals surface area contributed by atoms with Crippen LogP contribution in [0.5, 0.6) is 0 Å². The van der Waals surface area contributed by atoms with Gasteiger partial charge in [0.15, 0.2) is 6.10 Å². The summed E-state index contributed by atoms with van der Waals surface area (Å²) in [4.78, 5) is 23.4. The highest BCUT2D eigenvalue weighted by atomic mass is 16.5. The molecule has 2 aliphatic rings. The molecule has 1 heterocycles. The van der Waals surface area contributed by atoms with E-state index in [1.165, 1.54) is 16.7 Å². The van der Waals surface area contributed by atoms with Gasteiger partial charge in [-0.25, -0.2) is 4.79 Å². The normalized spacial score (nSPS) is 26.2. The van der Waals surface area contributed by atoms with Crippen molar-refractivity contribution in [3.63, 3.8) is 0 Å². The van der Waals surface area contributed by atoms with Gasteiger partial charge >= 0.3 is 5.97 Å². The van der Waals surface area contributed by atoms with Crippen LogP contribution < -0.4 is 5.32 Å². The molecule has 1 aromatic rings. The number of hydrogen-bond acceptors (Lipinski definition) is 3. The maximum absolute atomic E-state index is 12.5. The number of carbonyl (C=O) groups excluding carboxylic acids is 1. The van der Waals surface area contributed by atoms with Gasteiger partial charge in [-0.3, -0.25) is 4.79 Å². The minimum absolute atomic E-state index is 0.00701.